The van der Waals surface area contributed by atoms with Crippen molar-refractivity contribution in [2.45, 2.75) is 87.6 Å². The van der Waals surface area contributed by atoms with Crippen molar-refractivity contribution in [1.82, 2.24) is 65.0 Å². The van der Waals surface area contributed by atoms with E-state index in [1.165, 1.54) is 36.9 Å². The van der Waals surface area contributed by atoms with E-state index in [1.807, 2.05) is 114 Å². The first kappa shape index (κ1) is 92.9. The van der Waals surface area contributed by atoms with Crippen LogP contribution in [0.3, 0.4) is 0 Å². The molecule has 668 valence electrons. The second kappa shape index (κ2) is 42.7. The van der Waals surface area contributed by atoms with Gasteiger partial charge in [-0.05, 0) is 225 Å². The summed E-state index contributed by atoms with van der Waals surface area (Å²) in [6, 6.07) is 38.4. The van der Waals surface area contributed by atoms with Crippen molar-refractivity contribution < 1.29 is 61.2 Å². The number of aromatic amines is 3. The number of rotatable bonds is 25. The number of aliphatic carboxylic acids is 1. The second-order valence-electron chi connectivity index (χ2n) is 31.0. The number of fused-ring (bicyclic) bond motifs is 5. The van der Waals surface area contributed by atoms with Crippen molar-refractivity contribution in [2.24, 2.45) is 5.92 Å². The summed E-state index contributed by atoms with van der Waals surface area (Å²) in [5.74, 6) is 1.23. The maximum Gasteiger partial charge on any atom is 0.303 e. The fourth-order valence-electron chi connectivity index (χ4n) is 15.3. The summed E-state index contributed by atoms with van der Waals surface area (Å²) in [4.78, 5) is 91.5. The third kappa shape index (κ3) is 23.0. The first-order valence-electron chi connectivity index (χ1n) is 41.9. The van der Waals surface area contributed by atoms with E-state index in [9.17, 15) is 37.1 Å². The molecule has 1 fully saturated rings. The van der Waals surface area contributed by atoms with Crippen molar-refractivity contribution >= 4 is 158 Å². The van der Waals surface area contributed by atoms with Gasteiger partial charge in [0, 0.05) is 125 Å². The second-order valence-corrected chi connectivity index (χ2v) is 32.9. The van der Waals surface area contributed by atoms with Gasteiger partial charge in [-0.1, -0.05) is 87.3 Å². The van der Waals surface area contributed by atoms with Gasteiger partial charge in [0.15, 0.2) is 23.0 Å². The Kier molecular flexibility index (Phi) is 30.7. The Morgan fingerprint density at radius 1 is 0.605 bits per heavy atom. The number of benzene rings is 7. The molecule has 13 aromatic rings. The van der Waals surface area contributed by atoms with E-state index in [4.69, 9.17) is 24.1 Å². The van der Waals surface area contributed by atoms with E-state index in [1.54, 1.807) is 79.8 Å². The molecule has 10 heterocycles. The van der Waals surface area contributed by atoms with Crippen molar-refractivity contribution in [2.75, 3.05) is 100 Å². The number of hydrogen-bond donors (Lipinski definition) is 10. The van der Waals surface area contributed by atoms with Gasteiger partial charge in [-0.2, -0.15) is 0 Å². The van der Waals surface area contributed by atoms with Crippen molar-refractivity contribution in [3.8, 4) is 23.0 Å². The zero-order valence-electron chi connectivity index (χ0n) is 73.0. The molecule has 0 aliphatic carbocycles. The lowest BCUT2D eigenvalue weighted by molar-refractivity contribution is -0.137. The lowest BCUT2D eigenvalue weighted by Gasteiger charge is -2.28. The molecular weight excluding hydrogens is 1780 g/mol. The molecule has 28 nitrogen and oxygen atoms in total. The molecule has 0 saturated carbocycles. The number of aromatic nitrogens is 10. The number of likely N-dealkylation sites (tertiary alicyclic amines) is 1. The van der Waals surface area contributed by atoms with Crippen molar-refractivity contribution in [1.29, 1.82) is 0 Å². The predicted octanol–water partition coefficient (Wildman–Crippen LogP) is 18.6. The molecule has 4 aliphatic heterocycles. The number of amides is 4. The van der Waals surface area contributed by atoms with E-state index in [-0.39, 0.29) is 35.9 Å². The fourth-order valence-corrected chi connectivity index (χ4v) is 16.0. The molecular formula is C96H99Br2F3N18O10. The molecule has 1 saturated heterocycles. The number of methoxy groups -OCH3 is 2. The van der Waals surface area contributed by atoms with Crippen LogP contribution in [0.15, 0.2) is 167 Å². The molecule has 7 aromatic carbocycles. The molecule has 0 bridgehead atoms. The highest BCUT2D eigenvalue weighted by atomic mass is 79.9. The predicted molar refractivity (Wildman–Crippen MR) is 504 cm³/mol. The number of nitrogens with zero attached hydrogens (tertiary/aromatic N) is 9. The van der Waals surface area contributed by atoms with Crippen LogP contribution in [0.5, 0.6) is 23.0 Å². The summed E-state index contributed by atoms with van der Waals surface area (Å²) >= 11 is 6.52. The number of carbonyl (C=O) groups excluding carboxylic acids is 4. The summed E-state index contributed by atoms with van der Waals surface area (Å²) in [7, 11) is 5.31. The van der Waals surface area contributed by atoms with Crippen LogP contribution in [-0.2, 0) is 32.1 Å². The van der Waals surface area contributed by atoms with Gasteiger partial charge in [-0.25, -0.2) is 37.8 Å². The average Bonchev–Trinajstić information content (AvgIpc) is 1.62. The summed E-state index contributed by atoms with van der Waals surface area (Å²) in [6.07, 6.45) is 14.5. The van der Waals surface area contributed by atoms with Crippen LogP contribution in [-0.4, -0.2) is 168 Å². The third-order valence-corrected chi connectivity index (χ3v) is 23.3. The summed E-state index contributed by atoms with van der Waals surface area (Å²) in [5.41, 5.74) is 18.1. The molecule has 10 N–H and O–H groups in total. The Hall–Kier alpha value is -13.8. The molecule has 4 amide bonds. The minimum Gasteiger partial charge on any atom is -0.493 e. The number of carbonyl (C=O) groups is 5. The van der Waals surface area contributed by atoms with Gasteiger partial charge >= 0.3 is 5.97 Å². The van der Waals surface area contributed by atoms with E-state index < -0.39 is 17.6 Å². The summed E-state index contributed by atoms with van der Waals surface area (Å²) in [5, 5.41) is 35.4. The van der Waals surface area contributed by atoms with Gasteiger partial charge in [0.1, 0.15) is 48.3 Å². The Balaban J connectivity index is 0.000000139. The third-order valence-electron chi connectivity index (χ3n) is 22.3. The van der Waals surface area contributed by atoms with Crippen LogP contribution >= 0.6 is 31.9 Å². The van der Waals surface area contributed by atoms with Crippen molar-refractivity contribution in [3.05, 3.63) is 264 Å². The van der Waals surface area contributed by atoms with Gasteiger partial charge in [-0.3, -0.25) is 24.0 Å². The number of aryl methyl sites for hydroxylation is 4. The Morgan fingerprint density at radius 3 is 1.65 bits per heavy atom. The normalized spacial score (nSPS) is 14.1. The minimum atomic E-state index is -0.811. The lowest BCUT2D eigenvalue weighted by Crippen LogP contribution is -2.35. The topological polar surface area (TPSA) is 351 Å². The Labute approximate surface area is 760 Å². The molecule has 33 heteroatoms. The van der Waals surface area contributed by atoms with E-state index >= 15 is 0 Å². The van der Waals surface area contributed by atoms with E-state index in [2.05, 4.69) is 146 Å². The molecule has 129 heavy (non-hydrogen) atoms. The largest absolute Gasteiger partial charge is 0.493 e. The highest BCUT2D eigenvalue weighted by Crippen LogP contribution is 2.41. The van der Waals surface area contributed by atoms with Gasteiger partial charge in [0.25, 0.3) is 23.6 Å². The zero-order chi connectivity index (χ0) is 91.7. The summed E-state index contributed by atoms with van der Waals surface area (Å²) in [6.45, 7) is 22.8. The van der Waals surface area contributed by atoms with Gasteiger partial charge < -0.3 is 80.7 Å². The van der Waals surface area contributed by atoms with Crippen LogP contribution in [0.1, 0.15) is 117 Å². The number of hydrogen-bond acceptors (Lipinski definition) is 19. The van der Waals surface area contributed by atoms with Crippen LogP contribution in [0.25, 0.3) is 56.8 Å². The number of anilines is 7. The van der Waals surface area contributed by atoms with Crippen LogP contribution < -0.4 is 50.8 Å². The molecule has 0 atom stereocenters. The average molecular weight is 1880 g/mol. The quantitative estimate of drug-likeness (QED) is 0.0238. The zero-order valence-corrected chi connectivity index (χ0v) is 76.2. The number of H-pyrrole nitrogens is 3. The summed E-state index contributed by atoms with van der Waals surface area (Å²) < 4.78 is 68.1. The van der Waals surface area contributed by atoms with Gasteiger partial charge in [-0.15, -0.1) is 5.10 Å². The highest BCUT2D eigenvalue weighted by molar-refractivity contribution is 9.10. The smallest absolute Gasteiger partial charge is 0.303 e. The molecule has 0 radical (unpaired) electrons. The van der Waals surface area contributed by atoms with E-state index in [0.717, 1.165) is 130 Å². The minimum absolute atomic E-state index is 0.0390. The Bertz CT molecular complexity index is 6420. The number of piperidine rings is 1. The number of carboxylic acids is 1. The van der Waals surface area contributed by atoms with Gasteiger partial charge in [0.05, 0.1) is 78.3 Å². The standard InChI is InChI=1S/C22H24BrFN4O2.C22H27FN4O2.C19H16BrFN6O2.C18H18N2O3.C15H14N2O/c1-28-7-5-14(6-8-28)12-30-21-11-19-16(10-20(21)29-2)22(26-13-25-19)27-18-4-3-15(23)9-17(18)24;1-5-27(6-2)10-9-24-22(29)20-13(3)19(25-14(20)4)12-17-16-11-15(23)7-8-18(16)26-21(17)28;1-28-17-9-13-16(10-18(17)29-7-6-27-5-4-24-26-27)22-11-23-19(13)25-15-3-2-12(20)8-14(15)21;1-10-12(7-8-17(21)22)11(2)19-16(10)9-14-13-5-3-4-6-15(13)20-18(14)23;1-9-7-10(2)16-14(9)8-12-11-5-3-4-6-13(11)17-15(12)18/h3-4,9-11,13-14H,5-8,12H2,1-2H3,(H,25,26,27);7-8,11-12,25H,5-6,9-10H2,1-4H3,(H,24,29)(H,26,28);2-5,8-11H,6-7H2,1H3,(H,22,23,25);3-6,9,19H,7-8H2,1-2H3,(H,20,23)(H,21,22);3-8,16H,1-2H3,(H,17,18)/b;17-12-;;14-9-;12-8-. The van der Waals surface area contributed by atoms with Crippen LogP contribution in [0.4, 0.5) is 53.2 Å². The molecule has 0 spiro atoms. The number of halogens is 5. The van der Waals surface area contributed by atoms with E-state index in [0.29, 0.717) is 144 Å². The number of ether oxygens (including phenoxy) is 4. The lowest BCUT2D eigenvalue weighted by atomic mass is 9.98. The highest BCUT2D eigenvalue weighted by Gasteiger charge is 2.30. The van der Waals surface area contributed by atoms with Crippen LogP contribution in [0, 0.1) is 64.9 Å². The molecule has 6 aromatic heterocycles. The first-order valence-corrected chi connectivity index (χ1v) is 43.4. The molecule has 4 aliphatic rings. The Morgan fingerprint density at radius 2 is 1.13 bits per heavy atom. The monoisotopic (exact) mass is 1880 g/mol. The van der Waals surface area contributed by atoms with Gasteiger partial charge in [0.2, 0.25) is 0 Å². The first-order chi connectivity index (χ1) is 62.1. The number of likely N-dealkylation sites (N-methyl/N-ethyl adjacent to an activating group) is 1. The maximum atomic E-state index is 14.3. The maximum absolute atomic E-state index is 14.3. The SMILES string of the molecule is CCN(CC)CCNC(=O)c1c(C)[nH]c(/C=C2\C(=O)Nc3ccc(F)cc32)c1C.COc1cc2c(Nc3ccc(Br)cc3F)ncnc2cc1OCC1CCN(C)CC1.COc1cc2c(Nc3ccc(Br)cc3F)ncnc2cc1OCCn1ccnn1.Cc1[nH]c(/C=C2\C(=O)Nc3ccccc32)c(C)c1CCC(=O)O.Cc1cc(C)c(/C=C2\C(=O)Nc3ccccc32)[nH]1. The number of carboxylic acid groups (broad SMARTS) is 1. The molecule has 17 rings (SSSR count). The van der Waals surface area contributed by atoms with Crippen molar-refractivity contribution in [3.63, 3.8) is 0 Å². The number of nitrogens with one attached hydrogen (secondary N) is 9. The number of para-hydroxylation sites is 2. The van der Waals surface area contributed by atoms with Crippen LogP contribution in [0.2, 0.25) is 0 Å². The fraction of sp³-hybridized carbons (Fsp3) is 0.260. The molecule has 0 unspecified atom stereocenters.